The Labute approximate surface area is 144 Å². The molecule has 2 aromatic carbocycles. The van der Waals surface area contributed by atoms with Crippen LogP contribution < -0.4 is 0 Å². The normalized spacial score (nSPS) is 12.1. The second-order valence-electron chi connectivity index (χ2n) is 4.39. The van der Waals surface area contributed by atoms with E-state index >= 15 is 0 Å². The van der Waals surface area contributed by atoms with Crippen molar-refractivity contribution in [3.05, 3.63) is 60.7 Å². The fourth-order valence-electron chi connectivity index (χ4n) is 2.07. The molecule has 0 aliphatic rings. The lowest BCUT2D eigenvalue weighted by molar-refractivity contribution is -0.137. The Bertz CT molecular complexity index is 603. The van der Waals surface area contributed by atoms with Crippen LogP contribution in [0.5, 0.6) is 5.75 Å². The van der Waals surface area contributed by atoms with Gasteiger partial charge in [0.15, 0.2) is 0 Å². The predicted molar refractivity (Wildman–Crippen MR) is 94.1 cm³/mol. The first-order chi connectivity index (χ1) is 9.49. The molecule has 20 heavy (non-hydrogen) atoms. The zero-order valence-electron chi connectivity index (χ0n) is 10.4. The number of aliphatic carboxylic acids is 1. The fraction of sp³-hybridized carbons (Fsp3) is 0.133. The summed E-state index contributed by atoms with van der Waals surface area (Å²) in [5.41, 5.74) is 1.87. The standard InChI is InChI=1S/C15H12I2O3/c16-12-6-10(7-13(17)15(12)20)11(8-14(18)19)9-4-2-1-3-5-9/h1-7,11,20H,8H2,(H,18,19)/t11-/m1/s1. The number of phenolic OH excluding ortho intramolecular Hbond substituents is 1. The molecule has 3 nitrogen and oxygen atoms in total. The molecule has 0 radical (unpaired) electrons. The molecular weight excluding hydrogens is 482 g/mol. The minimum Gasteiger partial charge on any atom is -0.506 e. The van der Waals surface area contributed by atoms with Crippen molar-refractivity contribution in [3.63, 3.8) is 0 Å². The lowest BCUT2D eigenvalue weighted by Crippen LogP contribution is -2.08. The van der Waals surface area contributed by atoms with E-state index in [-0.39, 0.29) is 18.1 Å². The van der Waals surface area contributed by atoms with Crippen molar-refractivity contribution in [1.82, 2.24) is 0 Å². The summed E-state index contributed by atoms with van der Waals surface area (Å²) in [6, 6.07) is 13.3. The number of hydrogen-bond donors (Lipinski definition) is 2. The molecule has 1 atom stereocenters. The van der Waals surface area contributed by atoms with Gasteiger partial charge in [0, 0.05) is 5.92 Å². The Balaban J connectivity index is 2.49. The summed E-state index contributed by atoms with van der Waals surface area (Å²) in [7, 11) is 0. The smallest absolute Gasteiger partial charge is 0.304 e. The molecule has 0 saturated heterocycles. The molecule has 0 heterocycles. The lowest BCUT2D eigenvalue weighted by atomic mass is 9.88. The van der Waals surface area contributed by atoms with Gasteiger partial charge in [0.1, 0.15) is 5.75 Å². The van der Waals surface area contributed by atoms with Gasteiger partial charge < -0.3 is 10.2 Å². The zero-order valence-corrected chi connectivity index (χ0v) is 14.7. The summed E-state index contributed by atoms with van der Waals surface area (Å²) in [4.78, 5) is 11.1. The highest BCUT2D eigenvalue weighted by Gasteiger charge is 2.20. The Kier molecular flexibility index (Phi) is 5.25. The van der Waals surface area contributed by atoms with E-state index in [1.54, 1.807) is 0 Å². The number of halogens is 2. The van der Waals surface area contributed by atoms with Crippen molar-refractivity contribution in [1.29, 1.82) is 0 Å². The van der Waals surface area contributed by atoms with Crippen LogP contribution in [0.25, 0.3) is 0 Å². The molecule has 0 amide bonds. The third-order valence-corrected chi connectivity index (χ3v) is 4.67. The van der Waals surface area contributed by atoms with Gasteiger partial charge in [0.2, 0.25) is 0 Å². The number of carboxylic acids is 1. The lowest BCUT2D eigenvalue weighted by Gasteiger charge is -2.17. The van der Waals surface area contributed by atoms with Crippen molar-refractivity contribution < 1.29 is 15.0 Å². The van der Waals surface area contributed by atoms with Crippen LogP contribution in [0, 0.1) is 7.14 Å². The molecule has 0 aromatic heterocycles. The molecule has 2 aromatic rings. The fourth-order valence-corrected chi connectivity index (χ4v) is 3.89. The monoisotopic (exact) mass is 494 g/mol. The van der Waals surface area contributed by atoms with Crippen LogP contribution in [0.15, 0.2) is 42.5 Å². The molecule has 0 spiro atoms. The molecule has 5 heteroatoms. The van der Waals surface area contributed by atoms with E-state index < -0.39 is 5.97 Å². The van der Waals surface area contributed by atoms with E-state index in [1.165, 1.54) is 0 Å². The van der Waals surface area contributed by atoms with Gasteiger partial charge in [0.25, 0.3) is 0 Å². The molecule has 0 aliphatic carbocycles. The summed E-state index contributed by atoms with van der Waals surface area (Å²) in [5, 5.41) is 19.0. The number of phenols is 1. The van der Waals surface area contributed by atoms with Crippen LogP contribution >= 0.6 is 45.2 Å². The number of carbonyl (C=O) groups is 1. The molecule has 2 rings (SSSR count). The SMILES string of the molecule is O=C(O)C[C@H](c1ccccc1)c1cc(I)c(O)c(I)c1. The van der Waals surface area contributed by atoms with Gasteiger partial charge in [-0.05, 0) is 68.4 Å². The number of aromatic hydroxyl groups is 1. The average molecular weight is 494 g/mol. The van der Waals surface area contributed by atoms with E-state index in [0.717, 1.165) is 18.3 Å². The van der Waals surface area contributed by atoms with E-state index in [1.807, 2.05) is 42.5 Å². The first kappa shape index (κ1) is 15.6. The van der Waals surface area contributed by atoms with Crippen LogP contribution in [-0.2, 0) is 4.79 Å². The summed E-state index contributed by atoms with van der Waals surface area (Å²) < 4.78 is 1.46. The molecule has 0 saturated carbocycles. The van der Waals surface area contributed by atoms with E-state index in [0.29, 0.717) is 0 Å². The third-order valence-electron chi connectivity index (χ3n) is 3.02. The van der Waals surface area contributed by atoms with Gasteiger partial charge >= 0.3 is 5.97 Å². The number of carboxylic acid groups (broad SMARTS) is 1. The van der Waals surface area contributed by atoms with Crippen LogP contribution in [0.4, 0.5) is 0 Å². The molecule has 104 valence electrons. The van der Waals surface area contributed by atoms with Crippen molar-refractivity contribution >= 4 is 51.2 Å². The topological polar surface area (TPSA) is 57.5 Å². The number of rotatable bonds is 4. The summed E-state index contributed by atoms with van der Waals surface area (Å²) >= 11 is 4.12. The van der Waals surface area contributed by atoms with Crippen molar-refractivity contribution in [2.45, 2.75) is 12.3 Å². The van der Waals surface area contributed by atoms with E-state index in [4.69, 9.17) is 5.11 Å². The highest BCUT2D eigenvalue weighted by molar-refractivity contribution is 14.1. The van der Waals surface area contributed by atoms with Gasteiger partial charge in [-0.15, -0.1) is 0 Å². The Morgan fingerprint density at radius 2 is 1.60 bits per heavy atom. The Morgan fingerprint density at radius 3 is 2.10 bits per heavy atom. The molecule has 2 N–H and O–H groups in total. The largest absolute Gasteiger partial charge is 0.506 e. The molecule has 0 aliphatic heterocycles. The first-order valence-corrected chi connectivity index (χ1v) is 8.09. The van der Waals surface area contributed by atoms with Crippen LogP contribution in [0.1, 0.15) is 23.5 Å². The molecule has 0 fully saturated rings. The quantitative estimate of drug-likeness (QED) is 0.627. The van der Waals surface area contributed by atoms with Crippen molar-refractivity contribution in [3.8, 4) is 5.75 Å². The van der Waals surface area contributed by atoms with Gasteiger partial charge in [-0.3, -0.25) is 4.79 Å². The van der Waals surface area contributed by atoms with Crippen molar-refractivity contribution in [2.24, 2.45) is 0 Å². The zero-order chi connectivity index (χ0) is 14.7. The van der Waals surface area contributed by atoms with Crippen LogP contribution in [0.3, 0.4) is 0 Å². The summed E-state index contributed by atoms with van der Waals surface area (Å²) in [6.07, 6.45) is 0.0287. The average Bonchev–Trinajstić information content (AvgIpc) is 2.42. The van der Waals surface area contributed by atoms with Gasteiger partial charge in [-0.2, -0.15) is 0 Å². The predicted octanol–water partition coefficient (Wildman–Crippen LogP) is 4.21. The highest BCUT2D eigenvalue weighted by Crippen LogP contribution is 2.34. The maximum atomic E-state index is 11.1. The van der Waals surface area contributed by atoms with E-state index in [2.05, 4.69) is 45.2 Å². The minimum absolute atomic E-state index is 0.0287. The maximum Gasteiger partial charge on any atom is 0.304 e. The minimum atomic E-state index is -0.836. The third kappa shape index (κ3) is 3.63. The van der Waals surface area contributed by atoms with Gasteiger partial charge in [-0.1, -0.05) is 30.3 Å². The van der Waals surface area contributed by atoms with Gasteiger partial charge in [0.05, 0.1) is 13.6 Å². The highest BCUT2D eigenvalue weighted by atomic mass is 127. The number of benzene rings is 2. The van der Waals surface area contributed by atoms with Crippen LogP contribution in [-0.4, -0.2) is 16.2 Å². The summed E-state index contributed by atoms with van der Waals surface area (Å²) in [6.45, 7) is 0. The summed E-state index contributed by atoms with van der Waals surface area (Å²) in [5.74, 6) is -0.801. The Hall–Kier alpha value is -0.830. The van der Waals surface area contributed by atoms with Crippen LogP contribution in [0.2, 0.25) is 0 Å². The second kappa shape index (κ2) is 6.75. The maximum absolute atomic E-state index is 11.1. The molecule has 0 unspecified atom stereocenters. The second-order valence-corrected chi connectivity index (χ2v) is 6.72. The molecule has 0 bridgehead atoms. The van der Waals surface area contributed by atoms with Gasteiger partial charge in [-0.25, -0.2) is 0 Å². The first-order valence-electron chi connectivity index (χ1n) is 5.93. The molecular formula is C15H12I2O3. The number of hydrogen-bond acceptors (Lipinski definition) is 2. The van der Waals surface area contributed by atoms with E-state index in [9.17, 15) is 9.90 Å². The van der Waals surface area contributed by atoms with Crippen molar-refractivity contribution in [2.75, 3.05) is 0 Å². The Morgan fingerprint density at radius 1 is 1.05 bits per heavy atom.